The van der Waals surface area contributed by atoms with Gasteiger partial charge in [-0.05, 0) is 35.7 Å². The van der Waals surface area contributed by atoms with E-state index in [1.807, 2.05) is 17.5 Å². The van der Waals surface area contributed by atoms with E-state index >= 15 is 0 Å². The summed E-state index contributed by atoms with van der Waals surface area (Å²) in [5.41, 5.74) is 1.60. The number of H-pyrrole nitrogens is 1. The van der Waals surface area contributed by atoms with Crippen LogP contribution in [0.3, 0.4) is 0 Å². The van der Waals surface area contributed by atoms with Gasteiger partial charge in [0.25, 0.3) is 5.91 Å². The number of aromatic nitrogens is 2. The van der Waals surface area contributed by atoms with E-state index in [0.29, 0.717) is 22.2 Å². The molecule has 0 fully saturated rings. The Hall–Kier alpha value is -2.31. The molecule has 0 aliphatic rings. The Labute approximate surface area is 135 Å². The zero-order valence-electron chi connectivity index (χ0n) is 11.6. The smallest absolute Gasteiger partial charge is 0.276 e. The number of ether oxygens (including phenoxy) is 1. The quantitative estimate of drug-likeness (QED) is 0.756. The molecule has 7 heteroatoms. The Morgan fingerprint density at radius 1 is 1.36 bits per heavy atom. The van der Waals surface area contributed by atoms with Crippen LogP contribution in [0.5, 0.6) is 5.75 Å². The van der Waals surface area contributed by atoms with Crippen molar-refractivity contribution in [3.05, 3.63) is 52.5 Å². The molecule has 1 amide bonds. The van der Waals surface area contributed by atoms with Crippen molar-refractivity contribution in [1.29, 1.82) is 0 Å². The second kappa shape index (κ2) is 6.21. The van der Waals surface area contributed by atoms with Crippen LogP contribution in [0.25, 0.3) is 10.6 Å². The molecule has 0 radical (unpaired) electrons. The number of anilines is 1. The number of aromatic amines is 1. The molecule has 0 unspecified atom stereocenters. The minimum Gasteiger partial charge on any atom is -0.495 e. The van der Waals surface area contributed by atoms with Gasteiger partial charge in [-0.25, -0.2) is 0 Å². The number of halogens is 1. The first-order valence-corrected chi connectivity index (χ1v) is 7.67. The molecule has 2 N–H and O–H groups in total. The molecule has 1 aromatic carbocycles. The number of rotatable bonds is 4. The van der Waals surface area contributed by atoms with Crippen molar-refractivity contribution in [1.82, 2.24) is 10.2 Å². The normalized spacial score (nSPS) is 10.5. The van der Waals surface area contributed by atoms with Gasteiger partial charge in [-0.3, -0.25) is 9.89 Å². The summed E-state index contributed by atoms with van der Waals surface area (Å²) < 4.78 is 5.20. The molecule has 0 bridgehead atoms. The Bertz CT molecular complexity index is 799. The number of carbonyl (C=O) groups excluding carboxylic acids is 1. The summed E-state index contributed by atoms with van der Waals surface area (Å²) in [7, 11) is 1.53. The van der Waals surface area contributed by atoms with Gasteiger partial charge in [-0.15, -0.1) is 11.3 Å². The highest BCUT2D eigenvalue weighted by Crippen LogP contribution is 2.28. The average Bonchev–Trinajstić information content (AvgIpc) is 3.18. The van der Waals surface area contributed by atoms with Gasteiger partial charge in [-0.1, -0.05) is 17.7 Å². The molecular weight excluding hydrogens is 322 g/mol. The van der Waals surface area contributed by atoms with Crippen LogP contribution in [0.1, 0.15) is 10.5 Å². The van der Waals surface area contributed by atoms with E-state index < -0.39 is 0 Å². The van der Waals surface area contributed by atoms with Crippen LogP contribution in [0.15, 0.2) is 41.8 Å². The van der Waals surface area contributed by atoms with Gasteiger partial charge in [0.15, 0.2) is 5.69 Å². The maximum Gasteiger partial charge on any atom is 0.276 e. The maximum absolute atomic E-state index is 12.3. The fourth-order valence-electron chi connectivity index (χ4n) is 1.96. The van der Waals surface area contributed by atoms with Gasteiger partial charge in [0.05, 0.1) is 23.4 Å². The first kappa shape index (κ1) is 14.6. The van der Waals surface area contributed by atoms with Crippen molar-refractivity contribution < 1.29 is 9.53 Å². The van der Waals surface area contributed by atoms with Crippen molar-refractivity contribution in [3.63, 3.8) is 0 Å². The van der Waals surface area contributed by atoms with Gasteiger partial charge in [0, 0.05) is 5.02 Å². The fraction of sp³-hybridized carbons (Fsp3) is 0.0667. The zero-order chi connectivity index (χ0) is 15.5. The lowest BCUT2D eigenvalue weighted by atomic mass is 10.2. The molecule has 2 aromatic heterocycles. The third-order valence-electron chi connectivity index (χ3n) is 3.01. The average molecular weight is 334 g/mol. The molecule has 0 atom stereocenters. The standard InChI is InChI=1S/C15H12ClN3O2S/c1-21-13-5-4-9(16)7-10(13)17-15(20)12-8-11(18-19-12)14-3-2-6-22-14/h2-8H,1H3,(H,17,20)(H,18,19). The summed E-state index contributed by atoms with van der Waals surface area (Å²) in [6.45, 7) is 0. The SMILES string of the molecule is COc1ccc(Cl)cc1NC(=O)c1cc(-c2cccs2)[nH]n1. The maximum atomic E-state index is 12.3. The Morgan fingerprint density at radius 2 is 2.23 bits per heavy atom. The van der Waals surface area contributed by atoms with E-state index in [4.69, 9.17) is 16.3 Å². The first-order valence-electron chi connectivity index (χ1n) is 6.41. The largest absolute Gasteiger partial charge is 0.495 e. The fourth-order valence-corrected chi connectivity index (χ4v) is 2.82. The van der Waals surface area contributed by atoms with Gasteiger partial charge >= 0.3 is 0 Å². The number of hydrogen-bond acceptors (Lipinski definition) is 4. The molecule has 112 valence electrons. The highest BCUT2D eigenvalue weighted by Gasteiger charge is 2.14. The first-order chi connectivity index (χ1) is 10.7. The lowest BCUT2D eigenvalue weighted by Crippen LogP contribution is -2.13. The lowest BCUT2D eigenvalue weighted by molar-refractivity contribution is 0.102. The van der Waals surface area contributed by atoms with Crippen LogP contribution in [-0.2, 0) is 0 Å². The third-order valence-corrected chi connectivity index (χ3v) is 4.15. The number of nitrogens with one attached hydrogen (secondary N) is 2. The molecule has 22 heavy (non-hydrogen) atoms. The Morgan fingerprint density at radius 3 is 2.95 bits per heavy atom. The highest BCUT2D eigenvalue weighted by atomic mass is 35.5. The molecular formula is C15H12ClN3O2S. The van der Waals surface area contributed by atoms with Gasteiger partial charge in [0.1, 0.15) is 5.75 Å². The lowest BCUT2D eigenvalue weighted by Gasteiger charge is -2.09. The summed E-state index contributed by atoms with van der Waals surface area (Å²) >= 11 is 7.52. The Balaban J connectivity index is 1.82. The number of benzene rings is 1. The van der Waals surface area contributed by atoms with Crippen molar-refractivity contribution in [2.75, 3.05) is 12.4 Å². The minimum absolute atomic E-state index is 0.297. The summed E-state index contributed by atoms with van der Waals surface area (Å²) in [6.07, 6.45) is 0. The van der Waals surface area contributed by atoms with E-state index in [1.165, 1.54) is 7.11 Å². The number of amides is 1. The van der Waals surface area contributed by atoms with E-state index in [1.54, 1.807) is 35.6 Å². The van der Waals surface area contributed by atoms with E-state index in [-0.39, 0.29) is 5.91 Å². The summed E-state index contributed by atoms with van der Waals surface area (Å²) in [5.74, 6) is 0.200. The predicted molar refractivity (Wildman–Crippen MR) is 87.9 cm³/mol. The second-order valence-corrected chi connectivity index (χ2v) is 5.83. The second-order valence-electron chi connectivity index (χ2n) is 4.44. The summed E-state index contributed by atoms with van der Waals surface area (Å²) in [6, 6.07) is 10.6. The highest BCUT2D eigenvalue weighted by molar-refractivity contribution is 7.13. The molecule has 3 aromatic rings. The number of thiophene rings is 1. The Kier molecular flexibility index (Phi) is 4.13. The third kappa shape index (κ3) is 2.98. The van der Waals surface area contributed by atoms with Crippen molar-refractivity contribution in [2.24, 2.45) is 0 Å². The van der Waals surface area contributed by atoms with Crippen molar-refractivity contribution in [3.8, 4) is 16.3 Å². The molecule has 2 heterocycles. The number of hydrogen-bond donors (Lipinski definition) is 2. The summed E-state index contributed by atoms with van der Waals surface area (Å²) in [5, 5.41) is 12.1. The van der Waals surface area contributed by atoms with E-state index in [0.717, 1.165) is 10.6 Å². The minimum atomic E-state index is -0.334. The van der Waals surface area contributed by atoms with Crippen LogP contribution in [0, 0.1) is 0 Å². The van der Waals surface area contributed by atoms with Gasteiger partial charge < -0.3 is 10.1 Å². The number of nitrogens with zero attached hydrogens (tertiary/aromatic N) is 1. The topological polar surface area (TPSA) is 67.0 Å². The molecule has 0 saturated carbocycles. The van der Waals surface area contributed by atoms with Crippen molar-refractivity contribution >= 4 is 34.5 Å². The molecule has 5 nitrogen and oxygen atoms in total. The van der Waals surface area contributed by atoms with Crippen LogP contribution in [0.2, 0.25) is 5.02 Å². The van der Waals surface area contributed by atoms with E-state index in [9.17, 15) is 4.79 Å². The van der Waals surface area contributed by atoms with Crippen LogP contribution < -0.4 is 10.1 Å². The number of methoxy groups -OCH3 is 1. The van der Waals surface area contributed by atoms with Crippen LogP contribution in [0.4, 0.5) is 5.69 Å². The molecule has 0 aliphatic carbocycles. The van der Waals surface area contributed by atoms with Gasteiger partial charge in [-0.2, -0.15) is 5.10 Å². The van der Waals surface area contributed by atoms with E-state index in [2.05, 4.69) is 15.5 Å². The van der Waals surface area contributed by atoms with Crippen LogP contribution >= 0.6 is 22.9 Å². The van der Waals surface area contributed by atoms with Crippen molar-refractivity contribution in [2.45, 2.75) is 0 Å². The van der Waals surface area contributed by atoms with Crippen LogP contribution in [-0.4, -0.2) is 23.2 Å². The predicted octanol–water partition coefficient (Wildman–Crippen LogP) is 4.05. The molecule has 3 rings (SSSR count). The monoisotopic (exact) mass is 333 g/mol. The summed E-state index contributed by atoms with van der Waals surface area (Å²) in [4.78, 5) is 13.3. The molecule has 0 saturated heterocycles. The zero-order valence-corrected chi connectivity index (χ0v) is 13.2. The number of carbonyl (C=O) groups is 1. The van der Waals surface area contributed by atoms with Gasteiger partial charge in [0.2, 0.25) is 0 Å². The molecule has 0 spiro atoms. The molecule has 0 aliphatic heterocycles.